The third-order valence-corrected chi connectivity index (χ3v) is 4.34. The number of carbonyl (C=O) groups excluding carboxylic acids is 1. The summed E-state index contributed by atoms with van der Waals surface area (Å²) in [6, 6.07) is 2.05. The van der Waals surface area contributed by atoms with Gasteiger partial charge in [0.05, 0.1) is 0 Å². The highest BCUT2D eigenvalue weighted by Crippen LogP contribution is 2.24. The van der Waals surface area contributed by atoms with Gasteiger partial charge in [-0.25, -0.2) is 0 Å². The van der Waals surface area contributed by atoms with Crippen LogP contribution in [-0.2, 0) is 14.3 Å². The molecule has 0 aromatic carbocycles. The molecule has 2 fully saturated rings. The third-order valence-electron chi connectivity index (χ3n) is 4.34. The van der Waals surface area contributed by atoms with E-state index in [0.29, 0.717) is 5.92 Å². The highest BCUT2D eigenvalue weighted by Gasteiger charge is 2.19. The van der Waals surface area contributed by atoms with Crippen molar-refractivity contribution in [2.75, 3.05) is 40.5 Å². The molecular weight excluding hydrogens is 362 g/mol. The van der Waals surface area contributed by atoms with Crippen molar-refractivity contribution in [3.8, 4) is 0 Å². The summed E-state index contributed by atoms with van der Waals surface area (Å²) in [5.74, 6) is 9.06. The van der Waals surface area contributed by atoms with Crippen LogP contribution in [0.25, 0.3) is 0 Å². The van der Waals surface area contributed by atoms with Crippen LogP contribution in [-0.4, -0.2) is 66.9 Å². The van der Waals surface area contributed by atoms with Crippen molar-refractivity contribution in [2.45, 2.75) is 39.0 Å². The average molecular weight is 402 g/mol. The summed E-state index contributed by atoms with van der Waals surface area (Å²) >= 11 is 0. The summed E-state index contributed by atoms with van der Waals surface area (Å²) in [5, 5.41) is 6.93. The molecule has 1 aromatic rings. The molecule has 2 aliphatic rings. The number of hydrogen-bond acceptors (Lipinski definition) is 7. The molecule has 164 valence electrons. The zero-order valence-corrected chi connectivity index (χ0v) is 16.4. The number of nitrogens with zero attached hydrogens (tertiary/aromatic N) is 2. The van der Waals surface area contributed by atoms with Crippen molar-refractivity contribution < 1.29 is 19.7 Å². The van der Waals surface area contributed by atoms with E-state index in [4.69, 9.17) is 9.47 Å². The summed E-state index contributed by atoms with van der Waals surface area (Å²) in [7, 11) is 3.82. The standard InChI is InChI=1S/C10H17NO2.C8H12N2O.CH4.H4N2.H2O/c1-11(2)6-3-10(12)9-4-7-13-8-5-9;1-4-9-10-8(1)7-2-5-11-6-3-7;;1-2;/h3,6,9H,4-5,7-8H2,1-2H3;1,4,7H,2-3,5-6H2,(H,9,10);1H4;1-2H2;1H2/b6-3+;;;;. The predicted octanol–water partition coefficient (Wildman–Crippen LogP) is 0.991. The van der Waals surface area contributed by atoms with Gasteiger partial charge in [-0.2, -0.15) is 5.10 Å². The van der Waals surface area contributed by atoms with Gasteiger partial charge in [0.1, 0.15) is 0 Å². The molecule has 0 saturated carbocycles. The molecule has 0 aliphatic carbocycles. The number of nitrogens with one attached hydrogen (secondary N) is 1. The molecule has 0 bridgehead atoms. The molecule has 9 heteroatoms. The van der Waals surface area contributed by atoms with E-state index in [9.17, 15) is 4.79 Å². The number of aromatic amines is 1. The largest absolute Gasteiger partial charge is 0.412 e. The molecule has 2 aliphatic heterocycles. The Hall–Kier alpha value is -1.78. The molecule has 9 nitrogen and oxygen atoms in total. The summed E-state index contributed by atoms with van der Waals surface area (Å²) in [6.07, 6.45) is 9.27. The second-order valence-corrected chi connectivity index (χ2v) is 6.47. The van der Waals surface area contributed by atoms with Gasteiger partial charge in [-0.3, -0.25) is 21.6 Å². The van der Waals surface area contributed by atoms with Gasteiger partial charge in [-0.15, -0.1) is 0 Å². The van der Waals surface area contributed by atoms with Crippen LogP contribution in [0.15, 0.2) is 24.5 Å². The van der Waals surface area contributed by atoms with Crippen LogP contribution < -0.4 is 11.7 Å². The first-order valence-corrected chi connectivity index (χ1v) is 9.03. The Labute approximate surface area is 168 Å². The number of carbonyl (C=O) groups is 1. The minimum Gasteiger partial charge on any atom is -0.412 e. The third kappa shape index (κ3) is 11.2. The minimum atomic E-state index is 0. The number of H-pyrrole nitrogens is 1. The van der Waals surface area contributed by atoms with Gasteiger partial charge >= 0.3 is 0 Å². The minimum absolute atomic E-state index is 0. The zero-order chi connectivity index (χ0) is 19.2. The van der Waals surface area contributed by atoms with Gasteiger partial charge in [-0.1, -0.05) is 7.43 Å². The SMILES string of the molecule is C.CN(C)/C=C/C(=O)C1CCOCC1.NN.O.c1cc(C2CCOCC2)[nH]n1. The molecule has 0 amide bonds. The van der Waals surface area contributed by atoms with E-state index in [0.717, 1.165) is 52.1 Å². The number of rotatable bonds is 4. The highest BCUT2D eigenvalue weighted by atomic mass is 16.5. The second kappa shape index (κ2) is 17.3. The molecular formula is C19H39N5O4. The van der Waals surface area contributed by atoms with Crippen LogP contribution in [0, 0.1) is 5.92 Å². The molecule has 3 rings (SSSR count). The van der Waals surface area contributed by atoms with Gasteiger partial charge < -0.3 is 19.8 Å². The molecule has 0 unspecified atom stereocenters. The van der Waals surface area contributed by atoms with Gasteiger partial charge in [0.25, 0.3) is 0 Å². The van der Waals surface area contributed by atoms with Crippen LogP contribution in [0.5, 0.6) is 0 Å². The zero-order valence-electron chi connectivity index (χ0n) is 16.4. The van der Waals surface area contributed by atoms with E-state index in [2.05, 4.69) is 27.9 Å². The van der Waals surface area contributed by atoms with E-state index < -0.39 is 0 Å². The van der Waals surface area contributed by atoms with Gasteiger partial charge in [0.15, 0.2) is 5.78 Å². The Morgan fingerprint density at radius 1 is 1.14 bits per heavy atom. The van der Waals surface area contributed by atoms with Crippen LogP contribution in [0.1, 0.15) is 44.7 Å². The Bertz CT molecular complexity index is 496. The first-order valence-electron chi connectivity index (χ1n) is 9.03. The maximum atomic E-state index is 11.5. The number of ketones is 1. The Morgan fingerprint density at radius 3 is 2.14 bits per heavy atom. The van der Waals surface area contributed by atoms with Gasteiger partial charge in [-0.05, 0) is 37.8 Å². The van der Waals surface area contributed by atoms with Crippen molar-refractivity contribution >= 4 is 5.78 Å². The first kappa shape index (κ1) is 28.4. The quantitative estimate of drug-likeness (QED) is 0.386. The maximum absolute atomic E-state index is 11.5. The number of ether oxygens (including phenoxy) is 2. The fourth-order valence-electron chi connectivity index (χ4n) is 2.84. The summed E-state index contributed by atoms with van der Waals surface area (Å²) < 4.78 is 10.5. The Balaban J connectivity index is 0. The molecule has 0 radical (unpaired) electrons. The summed E-state index contributed by atoms with van der Waals surface area (Å²) in [6.45, 7) is 3.24. The second-order valence-electron chi connectivity index (χ2n) is 6.47. The van der Waals surface area contributed by atoms with Crippen molar-refractivity contribution in [1.82, 2.24) is 15.1 Å². The average Bonchev–Trinajstić information content (AvgIpc) is 3.24. The summed E-state index contributed by atoms with van der Waals surface area (Å²) in [4.78, 5) is 13.4. The lowest BCUT2D eigenvalue weighted by Crippen LogP contribution is -2.22. The van der Waals surface area contributed by atoms with Crippen molar-refractivity contribution in [3.63, 3.8) is 0 Å². The lowest BCUT2D eigenvalue weighted by Gasteiger charge is -2.20. The van der Waals surface area contributed by atoms with Gasteiger partial charge in [0.2, 0.25) is 0 Å². The van der Waals surface area contributed by atoms with E-state index in [-0.39, 0.29) is 24.6 Å². The van der Waals surface area contributed by atoms with Gasteiger partial charge in [0, 0.05) is 70.4 Å². The predicted molar refractivity (Wildman–Crippen MR) is 111 cm³/mol. The number of aromatic nitrogens is 2. The maximum Gasteiger partial charge on any atom is 0.160 e. The van der Waals surface area contributed by atoms with Crippen LogP contribution in [0.4, 0.5) is 0 Å². The van der Waals surface area contributed by atoms with E-state index in [1.807, 2.05) is 25.2 Å². The first-order chi connectivity index (χ1) is 12.7. The summed E-state index contributed by atoms with van der Waals surface area (Å²) in [5.41, 5.74) is 1.26. The molecule has 7 N–H and O–H groups in total. The fourth-order valence-corrected chi connectivity index (χ4v) is 2.84. The molecule has 0 atom stereocenters. The number of hydrazine groups is 1. The monoisotopic (exact) mass is 401 g/mol. The van der Waals surface area contributed by atoms with E-state index >= 15 is 0 Å². The lowest BCUT2D eigenvalue weighted by atomic mass is 9.95. The van der Waals surface area contributed by atoms with Crippen LogP contribution in [0.3, 0.4) is 0 Å². The Morgan fingerprint density at radius 2 is 1.68 bits per heavy atom. The topological polar surface area (TPSA) is 151 Å². The smallest absolute Gasteiger partial charge is 0.160 e. The molecule has 3 heterocycles. The molecule has 2 saturated heterocycles. The van der Waals surface area contributed by atoms with Crippen molar-refractivity contribution in [1.29, 1.82) is 0 Å². The molecule has 0 spiro atoms. The fraction of sp³-hybridized carbons (Fsp3) is 0.684. The van der Waals surface area contributed by atoms with E-state index in [1.165, 1.54) is 5.69 Å². The normalized spacial score (nSPS) is 17.1. The van der Waals surface area contributed by atoms with E-state index in [1.54, 1.807) is 12.3 Å². The number of nitrogens with two attached hydrogens (primary N) is 2. The molecule has 28 heavy (non-hydrogen) atoms. The highest BCUT2D eigenvalue weighted by molar-refractivity contribution is 5.91. The lowest BCUT2D eigenvalue weighted by molar-refractivity contribution is -0.120. The van der Waals surface area contributed by atoms with Crippen molar-refractivity contribution in [3.05, 3.63) is 30.2 Å². The number of hydrogen-bond donors (Lipinski definition) is 3. The Kier molecular flexibility index (Phi) is 17.6. The van der Waals surface area contributed by atoms with Crippen LogP contribution in [0.2, 0.25) is 0 Å². The van der Waals surface area contributed by atoms with Crippen molar-refractivity contribution in [2.24, 2.45) is 17.6 Å². The molecule has 1 aromatic heterocycles. The number of allylic oxidation sites excluding steroid dienone is 1. The van der Waals surface area contributed by atoms with Crippen LogP contribution >= 0.6 is 0 Å².